The molecule has 0 aliphatic heterocycles. The maximum Gasteiger partial charge on any atom is 0.222 e. The monoisotopic (exact) mass is 288 g/mol. The molecule has 2 aromatic rings. The van der Waals surface area contributed by atoms with Crippen LogP contribution in [0.15, 0.2) is 36.7 Å². The predicted molar refractivity (Wildman–Crippen MR) is 82.6 cm³/mol. The minimum atomic E-state index is -0.194. The standard InChI is InChI=1S/C16H21FN4/c1-2-8-19-16-20-11-14(12-21-16)10-18-9-7-13-3-5-15(17)6-4-13/h3-6,11-12,18H,2,7-10H2,1H3,(H,19,20,21). The Morgan fingerprint density at radius 2 is 1.71 bits per heavy atom. The SMILES string of the molecule is CCCNc1ncc(CNCCc2ccc(F)cc2)cn1. The molecule has 4 nitrogen and oxygen atoms in total. The number of nitrogens with one attached hydrogen (secondary N) is 2. The van der Waals surface area contributed by atoms with E-state index >= 15 is 0 Å². The highest BCUT2D eigenvalue weighted by atomic mass is 19.1. The minimum absolute atomic E-state index is 0.194. The van der Waals surface area contributed by atoms with Crippen LogP contribution in [0.4, 0.5) is 10.3 Å². The molecule has 0 atom stereocenters. The Morgan fingerprint density at radius 1 is 1.00 bits per heavy atom. The van der Waals surface area contributed by atoms with Crippen molar-refractivity contribution in [3.63, 3.8) is 0 Å². The Labute approximate surface area is 124 Å². The van der Waals surface area contributed by atoms with Gasteiger partial charge >= 0.3 is 0 Å². The Kier molecular flexibility index (Phi) is 6.09. The number of hydrogen-bond acceptors (Lipinski definition) is 4. The van der Waals surface area contributed by atoms with E-state index in [1.165, 1.54) is 12.1 Å². The molecule has 1 aromatic carbocycles. The maximum absolute atomic E-state index is 12.8. The second kappa shape index (κ2) is 8.32. The van der Waals surface area contributed by atoms with Gasteiger partial charge in [-0.3, -0.25) is 0 Å². The maximum atomic E-state index is 12.8. The molecule has 5 heteroatoms. The number of aromatic nitrogens is 2. The molecule has 1 heterocycles. The minimum Gasteiger partial charge on any atom is -0.354 e. The van der Waals surface area contributed by atoms with Crippen LogP contribution < -0.4 is 10.6 Å². The summed E-state index contributed by atoms with van der Waals surface area (Å²) in [5.41, 5.74) is 2.18. The molecule has 0 radical (unpaired) electrons. The number of halogens is 1. The summed E-state index contributed by atoms with van der Waals surface area (Å²) in [5.74, 6) is 0.479. The fourth-order valence-corrected chi connectivity index (χ4v) is 1.89. The first kappa shape index (κ1) is 15.4. The molecule has 2 N–H and O–H groups in total. The van der Waals surface area contributed by atoms with Crippen LogP contribution in [-0.2, 0) is 13.0 Å². The normalized spacial score (nSPS) is 10.6. The summed E-state index contributed by atoms with van der Waals surface area (Å²) in [7, 11) is 0. The van der Waals surface area contributed by atoms with Gasteiger partial charge in [0.2, 0.25) is 5.95 Å². The van der Waals surface area contributed by atoms with Crippen molar-refractivity contribution in [2.45, 2.75) is 26.3 Å². The van der Waals surface area contributed by atoms with Crippen molar-refractivity contribution in [2.75, 3.05) is 18.4 Å². The van der Waals surface area contributed by atoms with Crippen molar-refractivity contribution < 1.29 is 4.39 Å². The van der Waals surface area contributed by atoms with Crippen LogP contribution in [-0.4, -0.2) is 23.1 Å². The summed E-state index contributed by atoms with van der Waals surface area (Å²) in [5, 5.41) is 6.47. The summed E-state index contributed by atoms with van der Waals surface area (Å²) in [6.45, 7) is 4.55. The molecule has 0 spiro atoms. The van der Waals surface area contributed by atoms with E-state index in [-0.39, 0.29) is 5.82 Å². The molecular formula is C16H21FN4. The molecule has 0 saturated carbocycles. The third-order valence-electron chi connectivity index (χ3n) is 3.07. The van der Waals surface area contributed by atoms with Gasteiger partial charge in [-0.1, -0.05) is 19.1 Å². The van der Waals surface area contributed by atoms with E-state index in [0.717, 1.165) is 43.6 Å². The first-order valence-corrected chi connectivity index (χ1v) is 7.28. The van der Waals surface area contributed by atoms with Gasteiger partial charge in [0, 0.05) is 31.0 Å². The number of hydrogen-bond donors (Lipinski definition) is 2. The lowest BCUT2D eigenvalue weighted by Gasteiger charge is -2.06. The molecule has 0 aliphatic rings. The van der Waals surface area contributed by atoms with Crippen molar-refractivity contribution >= 4 is 5.95 Å². The van der Waals surface area contributed by atoms with Gasteiger partial charge in [0.1, 0.15) is 5.82 Å². The number of nitrogens with zero attached hydrogens (tertiary/aromatic N) is 2. The van der Waals surface area contributed by atoms with Gasteiger partial charge in [-0.15, -0.1) is 0 Å². The zero-order chi connectivity index (χ0) is 14.9. The molecule has 1 aromatic heterocycles. The van der Waals surface area contributed by atoms with Crippen molar-refractivity contribution in [3.05, 3.63) is 53.6 Å². The molecule has 0 aliphatic carbocycles. The van der Waals surface area contributed by atoms with Gasteiger partial charge in [-0.25, -0.2) is 14.4 Å². The van der Waals surface area contributed by atoms with Crippen LogP contribution in [0.3, 0.4) is 0 Å². The van der Waals surface area contributed by atoms with Crippen LogP contribution in [0.1, 0.15) is 24.5 Å². The largest absolute Gasteiger partial charge is 0.354 e. The van der Waals surface area contributed by atoms with Gasteiger partial charge in [0.15, 0.2) is 0 Å². The van der Waals surface area contributed by atoms with E-state index in [0.29, 0.717) is 5.95 Å². The summed E-state index contributed by atoms with van der Waals surface area (Å²) >= 11 is 0. The number of benzene rings is 1. The lowest BCUT2D eigenvalue weighted by Crippen LogP contribution is -2.17. The second-order valence-electron chi connectivity index (χ2n) is 4.89. The summed E-state index contributed by atoms with van der Waals surface area (Å²) in [6, 6.07) is 6.61. The van der Waals surface area contributed by atoms with Crippen molar-refractivity contribution in [1.29, 1.82) is 0 Å². The molecule has 2 rings (SSSR count). The van der Waals surface area contributed by atoms with Crippen molar-refractivity contribution in [3.8, 4) is 0 Å². The van der Waals surface area contributed by atoms with Gasteiger partial charge in [-0.05, 0) is 37.1 Å². The van der Waals surface area contributed by atoms with Crippen LogP contribution in [0, 0.1) is 5.82 Å². The van der Waals surface area contributed by atoms with Crippen molar-refractivity contribution in [2.24, 2.45) is 0 Å². The van der Waals surface area contributed by atoms with Gasteiger partial charge in [0.25, 0.3) is 0 Å². The summed E-state index contributed by atoms with van der Waals surface area (Å²) in [4.78, 5) is 8.52. The first-order valence-electron chi connectivity index (χ1n) is 7.28. The molecule has 112 valence electrons. The van der Waals surface area contributed by atoms with Crippen LogP contribution in [0.25, 0.3) is 0 Å². The summed E-state index contributed by atoms with van der Waals surface area (Å²) < 4.78 is 12.8. The van der Waals surface area contributed by atoms with E-state index in [2.05, 4.69) is 27.5 Å². The molecule has 21 heavy (non-hydrogen) atoms. The van der Waals surface area contributed by atoms with E-state index in [9.17, 15) is 4.39 Å². The predicted octanol–water partition coefficient (Wildman–Crippen LogP) is 2.77. The molecular weight excluding hydrogens is 267 g/mol. The van der Waals surface area contributed by atoms with E-state index in [4.69, 9.17) is 0 Å². The van der Waals surface area contributed by atoms with Gasteiger partial charge in [0.05, 0.1) is 0 Å². The lowest BCUT2D eigenvalue weighted by molar-refractivity contribution is 0.626. The highest BCUT2D eigenvalue weighted by Gasteiger charge is 1.98. The Hall–Kier alpha value is -2.01. The molecule has 0 unspecified atom stereocenters. The highest BCUT2D eigenvalue weighted by Crippen LogP contribution is 2.03. The van der Waals surface area contributed by atoms with E-state index < -0.39 is 0 Å². The molecule has 0 amide bonds. The van der Waals surface area contributed by atoms with Gasteiger partial charge in [-0.2, -0.15) is 0 Å². The van der Waals surface area contributed by atoms with Crippen LogP contribution in [0.5, 0.6) is 0 Å². The van der Waals surface area contributed by atoms with Gasteiger partial charge < -0.3 is 10.6 Å². The Balaban J connectivity index is 1.69. The van der Waals surface area contributed by atoms with Crippen LogP contribution >= 0.6 is 0 Å². The quantitative estimate of drug-likeness (QED) is 0.733. The molecule has 0 saturated heterocycles. The second-order valence-corrected chi connectivity index (χ2v) is 4.89. The zero-order valence-corrected chi connectivity index (χ0v) is 12.3. The topological polar surface area (TPSA) is 49.8 Å². The number of rotatable bonds is 8. The fourth-order valence-electron chi connectivity index (χ4n) is 1.89. The third kappa shape index (κ3) is 5.47. The van der Waals surface area contributed by atoms with Crippen molar-refractivity contribution in [1.82, 2.24) is 15.3 Å². The van der Waals surface area contributed by atoms with E-state index in [1.54, 1.807) is 0 Å². The third-order valence-corrected chi connectivity index (χ3v) is 3.07. The average Bonchev–Trinajstić information content (AvgIpc) is 2.52. The highest BCUT2D eigenvalue weighted by molar-refractivity contribution is 5.24. The number of anilines is 1. The lowest BCUT2D eigenvalue weighted by atomic mass is 10.1. The van der Waals surface area contributed by atoms with Crippen LogP contribution in [0.2, 0.25) is 0 Å². The first-order chi connectivity index (χ1) is 10.3. The smallest absolute Gasteiger partial charge is 0.222 e. The Morgan fingerprint density at radius 3 is 2.38 bits per heavy atom. The molecule has 0 bridgehead atoms. The zero-order valence-electron chi connectivity index (χ0n) is 12.3. The summed E-state index contributed by atoms with van der Waals surface area (Å²) in [6.07, 6.45) is 5.58. The van der Waals surface area contributed by atoms with E-state index in [1.807, 2.05) is 24.5 Å². The molecule has 0 fully saturated rings. The fraction of sp³-hybridized carbons (Fsp3) is 0.375. The average molecular weight is 288 g/mol. The Bertz CT molecular complexity index is 525.